The number of hydrogen-bond acceptors (Lipinski definition) is 4. The number of methoxy groups -OCH3 is 1. The molecule has 2 N–H and O–H groups in total. The van der Waals surface area contributed by atoms with Crippen LogP contribution in [0.15, 0.2) is 17.1 Å². The van der Waals surface area contributed by atoms with E-state index in [2.05, 4.69) is 34.7 Å². The summed E-state index contributed by atoms with van der Waals surface area (Å²) >= 11 is 1.79. The van der Waals surface area contributed by atoms with Crippen LogP contribution >= 0.6 is 11.3 Å². The maximum Gasteiger partial charge on any atom is 0.310 e. The molecule has 0 aliphatic carbocycles. The van der Waals surface area contributed by atoms with Crippen LogP contribution in [0.1, 0.15) is 30.5 Å². The molecule has 0 fully saturated rings. The summed E-state index contributed by atoms with van der Waals surface area (Å²) in [6.45, 7) is 7.92. The minimum atomic E-state index is -0.218. The first kappa shape index (κ1) is 17.5. The Morgan fingerprint density at radius 3 is 2.62 bits per heavy atom. The molecule has 0 aliphatic rings. The molecule has 0 saturated carbocycles. The Bertz CT molecular complexity index is 471. The van der Waals surface area contributed by atoms with Gasteiger partial charge in [0.1, 0.15) is 0 Å². The molecule has 0 radical (unpaired) electrons. The Kier molecular flexibility index (Phi) is 7.82. The van der Waals surface area contributed by atoms with Crippen molar-refractivity contribution in [1.29, 1.82) is 0 Å². The highest BCUT2D eigenvalue weighted by molar-refractivity contribution is 7.11. The molecule has 0 amide bonds. The van der Waals surface area contributed by atoms with Crippen LogP contribution in [0.3, 0.4) is 0 Å². The maximum absolute atomic E-state index is 11.4. The lowest BCUT2D eigenvalue weighted by Gasteiger charge is -2.14. The largest absolute Gasteiger partial charge is 0.469 e. The summed E-state index contributed by atoms with van der Waals surface area (Å²) < 4.78 is 4.71. The number of carbonyl (C=O) groups excluding carboxylic acids is 1. The summed E-state index contributed by atoms with van der Waals surface area (Å²) in [5, 5.41) is 6.35. The van der Waals surface area contributed by atoms with Gasteiger partial charge >= 0.3 is 5.97 Å². The summed E-state index contributed by atoms with van der Waals surface area (Å²) in [5.74, 6) is 0.302. The van der Waals surface area contributed by atoms with Crippen LogP contribution in [0.4, 0.5) is 0 Å². The Balaban J connectivity index is 2.55. The predicted molar refractivity (Wildman–Crippen MR) is 87.7 cm³/mol. The molecule has 1 aromatic heterocycles. The van der Waals surface area contributed by atoms with E-state index in [1.807, 2.05) is 13.8 Å². The number of nitrogens with one attached hydrogen (secondary N) is 2. The summed E-state index contributed by atoms with van der Waals surface area (Å²) in [5.41, 5.74) is 0. The van der Waals surface area contributed by atoms with Crippen LogP contribution in [0.5, 0.6) is 0 Å². The van der Waals surface area contributed by atoms with E-state index in [4.69, 9.17) is 4.74 Å². The topological polar surface area (TPSA) is 62.7 Å². The third kappa shape index (κ3) is 6.16. The first-order valence-corrected chi connectivity index (χ1v) is 8.09. The molecule has 1 heterocycles. The van der Waals surface area contributed by atoms with E-state index in [0.717, 1.165) is 18.9 Å². The minimum absolute atomic E-state index is 0.202. The normalized spacial score (nSPS) is 12.9. The van der Waals surface area contributed by atoms with Crippen molar-refractivity contribution in [2.75, 3.05) is 20.2 Å². The van der Waals surface area contributed by atoms with Gasteiger partial charge in [-0.25, -0.2) is 4.99 Å². The number of esters is 1. The van der Waals surface area contributed by atoms with Gasteiger partial charge in [0.25, 0.3) is 0 Å². The molecule has 6 heteroatoms. The molecule has 118 valence electrons. The second-order valence-corrected chi connectivity index (χ2v) is 5.97. The number of nitrogens with zero attached hydrogens (tertiary/aromatic N) is 1. The van der Waals surface area contributed by atoms with Gasteiger partial charge in [-0.1, -0.05) is 13.8 Å². The van der Waals surface area contributed by atoms with Crippen molar-refractivity contribution in [1.82, 2.24) is 10.6 Å². The lowest BCUT2D eigenvalue weighted by molar-refractivity contribution is -0.144. The molecular weight excluding hydrogens is 286 g/mol. The number of aliphatic imine (C=N–C) groups is 1. The van der Waals surface area contributed by atoms with Crippen molar-refractivity contribution in [3.63, 3.8) is 0 Å². The van der Waals surface area contributed by atoms with Crippen molar-refractivity contribution in [3.8, 4) is 0 Å². The van der Waals surface area contributed by atoms with Crippen molar-refractivity contribution in [2.24, 2.45) is 10.9 Å². The zero-order valence-electron chi connectivity index (χ0n) is 13.2. The number of aryl methyl sites for hydroxylation is 1. The lowest BCUT2D eigenvalue weighted by atomic mass is 10.2. The van der Waals surface area contributed by atoms with Crippen molar-refractivity contribution < 1.29 is 9.53 Å². The molecule has 5 nitrogen and oxygen atoms in total. The van der Waals surface area contributed by atoms with Crippen molar-refractivity contribution in [2.45, 2.75) is 33.7 Å². The van der Waals surface area contributed by atoms with Gasteiger partial charge in [-0.15, -0.1) is 11.3 Å². The average Bonchev–Trinajstić information content (AvgIpc) is 2.96. The van der Waals surface area contributed by atoms with Crippen LogP contribution in [0.25, 0.3) is 0 Å². The van der Waals surface area contributed by atoms with Gasteiger partial charge in [-0.2, -0.15) is 0 Å². The highest BCUT2D eigenvalue weighted by Gasteiger charge is 2.13. The van der Waals surface area contributed by atoms with Crippen LogP contribution < -0.4 is 10.6 Å². The number of carbonyl (C=O) groups is 1. The number of ether oxygens (including phenoxy) is 1. The quantitative estimate of drug-likeness (QED) is 0.460. The van der Waals surface area contributed by atoms with E-state index in [1.54, 1.807) is 11.3 Å². The molecule has 0 aromatic carbocycles. The zero-order valence-corrected chi connectivity index (χ0v) is 14.0. The van der Waals surface area contributed by atoms with Gasteiger partial charge in [0.2, 0.25) is 0 Å². The summed E-state index contributed by atoms with van der Waals surface area (Å²) in [6, 6.07) is 4.27. The average molecular weight is 311 g/mol. The fourth-order valence-corrected chi connectivity index (χ4v) is 2.61. The maximum atomic E-state index is 11.4. The predicted octanol–water partition coefficient (Wildman–Crippen LogP) is 2.17. The van der Waals surface area contributed by atoms with Gasteiger partial charge < -0.3 is 15.4 Å². The summed E-state index contributed by atoms with van der Waals surface area (Å²) in [6.07, 6.45) is 1.06. The van der Waals surface area contributed by atoms with Crippen LogP contribution in [0.2, 0.25) is 0 Å². The molecule has 1 rings (SSSR count). The molecule has 0 bridgehead atoms. The van der Waals surface area contributed by atoms with E-state index in [0.29, 0.717) is 13.1 Å². The Labute approximate surface area is 130 Å². The molecule has 1 atom stereocenters. The molecule has 0 aliphatic heterocycles. The third-order valence-corrected chi connectivity index (χ3v) is 4.20. The number of rotatable bonds is 7. The second kappa shape index (κ2) is 9.39. The fourth-order valence-electron chi connectivity index (χ4n) is 1.73. The Morgan fingerprint density at radius 2 is 2.05 bits per heavy atom. The van der Waals surface area contributed by atoms with Gasteiger partial charge in [-0.3, -0.25) is 4.79 Å². The third-order valence-electron chi connectivity index (χ3n) is 2.98. The van der Waals surface area contributed by atoms with Crippen molar-refractivity contribution in [3.05, 3.63) is 21.9 Å². The highest BCUT2D eigenvalue weighted by Crippen LogP contribution is 2.17. The highest BCUT2D eigenvalue weighted by atomic mass is 32.1. The lowest BCUT2D eigenvalue weighted by Crippen LogP contribution is -2.40. The van der Waals surface area contributed by atoms with E-state index in [-0.39, 0.29) is 11.9 Å². The smallest absolute Gasteiger partial charge is 0.310 e. The van der Waals surface area contributed by atoms with Gasteiger partial charge in [0.15, 0.2) is 5.96 Å². The van der Waals surface area contributed by atoms with Gasteiger partial charge in [0, 0.05) is 22.8 Å². The van der Waals surface area contributed by atoms with Crippen LogP contribution in [-0.4, -0.2) is 32.1 Å². The molecule has 1 unspecified atom stereocenters. The van der Waals surface area contributed by atoms with Crippen LogP contribution in [-0.2, 0) is 22.5 Å². The minimum Gasteiger partial charge on any atom is -0.469 e. The van der Waals surface area contributed by atoms with Crippen LogP contribution in [0, 0.1) is 5.92 Å². The molecule has 0 spiro atoms. The number of guanidine groups is 1. The summed E-state index contributed by atoms with van der Waals surface area (Å²) in [7, 11) is 1.40. The summed E-state index contributed by atoms with van der Waals surface area (Å²) in [4.78, 5) is 18.5. The molecule has 21 heavy (non-hydrogen) atoms. The fraction of sp³-hybridized carbons (Fsp3) is 0.600. The molecular formula is C15H25N3O2S. The SMILES string of the molecule is CCNC(=NCc1ccc(CC)s1)NCC(C)C(=O)OC. The Morgan fingerprint density at radius 1 is 1.33 bits per heavy atom. The first-order valence-electron chi connectivity index (χ1n) is 7.28. The zero-order chi connectivity index (χ0) is 15.7. The van der Waals surface area contributed by atoms with E-state index in [1.165, 1.54) is 16.9 Å². The molecule has 0 saturated heterocycles. The monoisotopic (exact) mass is 311 g/mol. The van der Waals surface area contributed by atoms with Crippen molar-refractivity contribution >= 4 is 23.3 Å². The second-order valence-electron chi connectivity index (χ2n) is 4.72. The van der Waals surface area contributed by atoms with Gasteiger partial charge in [-0.05, 0) is 25.5 Å². The number of hydrogen-bond donors (Lipinski definition) is 2. The number of thiophene rings is 1. The van der Waals surface area contributed by atoms with Gasteiger partial charge in [0.05, 0.1) is 19.6 Å². The first-order chi connectivity index (χ1) is 10.1. The van der Waals surface area contributed by atoms with E-state index < -0.39 is 0 Å². The Hall–Kier alpha value is -1.56. The van der Waals surface area contributed by atoms with E-state index in [9.17, 15) is 4.79 Å². The van der Waals surface area contributed by atoms with E-state index >= 15 is 0 Å². The molecule has 1 aromatic rings. The standard InChI is InChI=1S/C15H25N3O2S/c1-5-12-7-8-13(21-12)10-18-15(16-6-2)17-9-11(3)14(19)20-4/h7-8,11H,5-6,9-10H2,1-4H3,(H2,16,17,18).